The smallest absolute Gasteiger partial charge is 0.0957 e. The third kappa shape index (κ3) is 6.47. The third-order valence-electron chi connectivity index (χ3n) is 0.887. The fourth-order valence-electron chi connectivity index (χ4n) is 0.505. The minimum Gasteiger partial charge on any atom is -0.394 e. The van der Waals surface area contributed by atoms with Gasteiger partial charge in [0, 0.05) is 11.9 Å². The molecule has 0 unspecified atom stereocenters. The van der Waals surface area contributed by atoms with Gasteiger partial charge in [0.25, 0.3) is 0 Å². The number of nitrogens with one attached hydrogen (secondary N) is 1. The van der Waals surface area contributed by atoms with E-state index in [9.17, 15) is 0 Å². The number of aliphatic hydroxyl groups excluding tert-OH is 2. The Hall–Kier alpha value is -0.240. The summed E-state index contributed by atoms with van der Waals surface area (Å²) in [7, 11) is 0. The van der Waals surface area contributed by atoms with Gasteiger partial charge in [-0.2, -0.15) is 0 Å². The minimum atomic E-state index is -0.0790. The van der Waals surface area contributed by atoms with E-state index in [1.165, 1.54) is 0 Å². The van der Waals surface area contributed by atoms with E-state index in [4.69, 9.17) is 19.9 Å². The highest BCUT2D eigenvalue weighted by Gasteiger charge is 2.02. The molecule has 74 valence electrons. The second-order valence-electron chi connectivity index (χ2n) is 1.88. The van der Waals surface area contributed by atoms with Crippen LogP contribution in [-0.4, -0.2) is 48.5 Å². The number of hydrazine groups is 1. The van der Waals surface area contributed by atoms with Crippen molar-refractivity contribution in [2.45, 2.75) is 6.92 Å². The van der Waals surface area contributed by atoms with Gasteiger partial charge in [0.15, 0.2) is 0 Å². The van der Waals surface area contributed by atoms with Gasteiger partial charge in [0.2, 0.25) is 0 Å². The van der Waals surface area contributed by atoms with Crippen LogP contribution in [0, 0.1) is 0 Å². The SMILES string of the molecule is CCNN(OCCO)OCCO. The second kappa shape index (κ2) is 8.85. The van der Waals surface area contributed by atoms with Gasteiger partial charge in [-0.25, -0.2) is 5.43 Å². The molecule has 0 aliphatic heterocycles. The van der Waals surface area contributed by atoms with E-state index in [1.807, 2.05) is 6.92 Å². The second-order valence-corrected chi connectivity index (χ2v) is 1.88. The van der Waals surface area contributed by atoms with Crippen LogP contribution in [0.2, 0.25) is 0 Å². The molecule has 0 rings (SSSR count). The number of rotatable bonds is 8. The number of nitrogens with zero attached hydrogens (tertiary/aromatic N) is 1. The topological polar surface area (TPSA) is 74.2 Å². The first kappa shape index (κ1) is 11.8. The van der Waals surface area contributed by atoms with E-state index in [0.29, 0.717) is 6.54 Å². The molecule has 0 aromatic carbocycles. The fourth-order valence-corrected chi connectivity index (χ4v) is 0.505. The molecule has 0 spiro atoms. The molecular weight excluding hydrogens is 164 g/mol. The average molecular weight is 180 g/mol. The van der Waals surface area contributed by atoms with E-state index in [2.05, 4.69) is 5.43 Å². The Kier molecular flexibility index (Phi) is 8.68. The molecule has 0 saturated carbocycles. The van der Waals surface area contributed by atoms with E-state index in [1.54, 1.807) is 0 Å². The zero-order chi connectivity index (χ0) is 9.23. The summed E-state index contributed by atoms with van der Waals surface area (Å²) in [6, 6.07) is 0. The first-order valence-corrected chi connectivity index (χ1v) is 3.86. The molecule has 0 bridgehead atoms. The van der Waals surface area contributed by atoms with Gasteiger partial charge < -0.3 is 10.2 Å². The van der Waals surface area contributed by atoms with E-state index in [0.717, 1.165) is 5.34 Å². The maximum atomic E-state index is 8.42. The summed E-state index contributed by atoms with van der Waals surface area (Å²) in [5.74, 6) is 0. The molecule has 6 nitrogen and oxygen atoms in total. The van der Waals surface area contributed by atoms with Gasteiger partial charge in [0.05, 0.1) is 26.4 Å². The van der Waals surface area contributed by atoms with Gasteiger partial charge in [0.1, 0.15) is 0 Å². The zero-order valence-corrected chi connectivity index (χ0v) is 7.19. The monoisotopic (exact) mass is 180 g/mol. The van der Waals surface area contributed by atoms with Crippen molar-refractivity contribution >= 4 is 0 Å². The molecule has 0 fully saturated rings. The molecule has 6 heteroatoms. The highest BCUT2D eigenvalue weighted by Crippen LogP contribution is 1.86. The Morgan fingerprint density at radius 2 is 1.67 bits per heavy atom. The molecule has 0 saturated heterocycles. The Morgan fingerprint density at radius 3 is 2.00 bits per heavy atom. The Balaban J connectivity index is 3.40. The molecule has 0 aliphatic rings. The lowest BCUT2D eigenvalue weighted by Gasteiger charge is -2.19. The standard InChI is InChI=1S/C6H16N2O4/c1-2-7-8(11-5-3-9)12-6-4-10/h7,9-10H,2-6H2,1H3. The van der Waals surface area contributed by atoms with Crippen LogP contribution < -0.4 is 5.43 Å². The van der Waals surface area contributed by atoms with Gasteiger partial charge >= 0.3 is 0 Å². The lowest BCUT2D eigenvalue weighted by Crippen LogP contribution is -2.39. The summed E-state index contributed by atoms with van der Waals surface area (Å²) in [5.41, 5.74) is 2.72. The average Bonchev–Trinajstić information content (AvgIpc) is 2.10. The quantitative estimate of drug-likeness (QED) is 0.401. The van der Waals surface area contributed by atoms with Gasteiger partial charge in [-0.1, -0.05) is 6.92 Å². The molecule has 0 aliphatic carbocycles. The van der Waals surface area contributed by atoms with Crippen molar-refractivity contribution in [2.24, 2.45) is 0 Å². The van der Waals surface area contributed by atoms with E-state index in [-0.39, 0.29) is 26.4 Å². The van der Waals surface area contributed by atoms with Crippen LogP contribution >= 0.6 is 0 Å². The van der Waals surface area contributed by atoms with E-state index < -0.39 is 0 Å². The highest BCUT2D eigenvalue weighted by molar-refractivity contribution is 4.23. The van der Waals surface area contributed by atoms with Crippen LogP contribution in [0.25, 0.3) is 0 Å². The summed E-state index contributed by atoms with van der Waals surface area (Å²) in [6.45, 7) is 2.65. The molecule has 12 heavy (non-hydrogen) atoms. The van der Waals surface area contributed by atoms with Gasteiger partial charge in [-0.05, 0) is 0 Å². The third-order valence-corrected chi connectivity index (χ3v) is 0.887. The lowest BCUT2D eigenvalue weighted by atomic mass is 10.8. The Morgan fingerprint density at radius 1 is 1.17 bits per heavy atom. The number of aliphatic hydroxyl groups is 2. The predicted molar refractivity (Wildman–Crippen MR) is 41.6 cm³/mol. The van der Waals surface area contributed by atoms with Crippen LogP contribution in [0.4, 0.5) is 0 Å². The first-order valence-electron chi connectivity index (χ1n) is 3.86. The fraction of sp³-hybridized carbons (Fsp3) is 1.00. The van der Waals surface area contributed by atoms with Crippen molar-refractivity contribution in [3.8, 4) is 0 Å². The Labute approximate surface area is 71.6 Å². The molecule has 0 amide bonds. The predicted octanol–water partition coefficient (Wildman–Crippen LogP) is -1.34. The maximum Gasteiger partial charge on any atom is 0.0957 e. The first-order chi connectivity index (χ1) is 5.85. The highest BCUT2D eigenvalue weighted by atomic mass is 17.0. The van der Waals surface area contributed by atoms with Gasteiger partial charge in [-0.3, -0.25) is 9.68 Å². The molecule has 0 radical (unpaired) electrons. The molecule has 0 heterocycles. The van der Waals surface area contributed by atoms with Crippen molar-refractivity contribution in [3.63, 3.8) is 0 Å². The number of hydrogen-bond donors (Lipinski definition) is 3. The summed E-state index contributed by atoms with van der Waals surface area (Å²) >= 11 is 0. The summed E-state index contributed by atoms with van der Waals surface area (Å²) < 4.78 is 0. The van der Waals surface area contributed by atoms with Crippen LogP contribution in [0.15, 0.2) is 0 Å². The van der Waals surface area contributed by atoms with Crippen LogP contribution in [0.3, 0.4) is 0 Å². The van der Waals surface area contributed by atoms with Crippen molar-refractivity contribution in [2.75, 3.05) is 33.0 Å². The maximum absolute atomic E-state index is 8.42. The zero-order valence-electron chi connectivity index (χ0n) is 7.19. The van der Waals surface area contributed by atoms with Crippen molar-refractivity contribution in [3.05, 3.63) is 0 Å². The summed E-state index contributed by atoms with van der Waals surface area (Å²) in [6.07, 6.45) is 0. The molecular formula is C6H16N2O4. The Bertz CT molecular complexity index is 85.6. The molecule has 0 aromatic rings. The largest absolute Gasteiger partial charge is 0.394 e. The molecule has 0 atom stereocenters. The summed E-state index contributed by atoms with van der Waals surface area (Å²) in [4.78, 5) is 9.75. The lowest BCUT2D eigenvalue weighted by molar-refractivity contribution is -0.399. The normalized spacial score (nSPS) is 11.0. The molecule has 0 aromatic heterocycles. The van der Waals surface area contributed by atoms with Crippen LogP contribution in [0.1, 0.15) is 6.92 Å². The van der Waals surface area contributed by atoms with Crippen molar-refractivity contribution in [1.82, 2.24) is 10.8 Å². The van der Waals surface area contributed by atoms with Crippen LogP contribution in [0.5, 0.6) is 0 Å². The van der Waals surface area contributed by atoms with E-state index >= 15 is 0 Å². The van der Waals surface area contributed by atoms with Gasteiger partial charge in [-0.15, -0.1) is 0 Å². The summed E-state index contributed by atoms with van der Waals surface area (Å²) in [5, 5.41) is 17.9. The minimum absolute atomic E-state index is 0.0790. The van der Waals surface area contributed by atoms with Crippen molar-refractivity contribution < 1.29 is 19.9 Å². The molecule has 3 N–H and O–H groups in total. The number of hydrogen-bond acceptors (Lipinski definition) is 6. The van der Waals surface area contributed by atoms with Crippen LogP contribution in [-0.2, 0) is 9.68 Å². The van der Waals surface area contributed by atoms with Crippen molar-refractivity contribution in [1.29, 1.82) is 0 Å².